The van der Waals surface area contributed by atoms with Gasteiger partial charge in [0, 0.05) is 19.3 Å². The van der Waals surface area contributed by atoms with E-state index < -0.39 is 0 Å². The van der Waals surface area contributed by atoms with Crippen molar-refractivity contribution in [3.8, 4) is 0 Å². The summed E-state index contributed by atoms with van der Waals surface area (Å²) in [6.45, 7) is 4.16. The molecule has 1 saturated heterocycles. The van der Waals surface area contributed by atoms with Gasteiger partial charge >= 0.3 is 0 Å². The van der Waals surface area contributed by atoms with Gasteiger partial charge in [-0.25, -0.2) is 0 Å². The highest BCUT2D eigenvalue weighted by molar-refractivity contribution is 4.71. The van der Waals surface area contributed by atoms with Crippen molar-refractivity contribution in [1.29, 1.82) is 0 Å². The predicted octanol–water partition coefficient (Wildman–Crippen LogP) is 3.49. The standard InChI is InChI=1S/C14H29NO/c1-2-3-4-5-6-7-8-14(15)11-13-9-10-16-12-13/h13-14H,2-12,15H2,1H3. The van der Waals surface area contributed by atoms with Gasteiger partial charge in [-0.2, -0.15) is 0 Å². The molecule has 0 saturated carbocycles. The minimum Gasteiger partial charge on any atom is -0.381 e. The second-order valence-corrected chi connectivity index (χ2v) is 5.28. The van der Waals surface area contributed by atoms with Crippen LogP contribution < -0.4 is 5.73 Å². The molecule has 2 heteroatoms. The Kier molecular flexibility index (Phi) is 7.87. The van der Waals surface area contributed by atoms with E-state index in [9.17, 15) is 0 Å². The Bertz CT molecular complexity index is 155. The highest BCUT2D eigenvalue weighted by Gasteiger charge is 2.18. The van der Waals surface area contributed by atoms with Crippen molar-refractivity contribution in [2.24, 2.45) is 11.7 Å². The molecule has 1 heterocycles. The molecular weight excluding hydrogens is 198 g/mol. The topological polar surface area (TPSA) is 35.2 Å². The van der Waals surface area contributed by atoms with Crippen LogP contribution in [-0.2, 0) is 4.74 Å². The van der Waals surface area contributed by atoms with Gasteiger partial charge in [0.05, 0.1) is 0 Å². The molecule has 0 bridgehead atoms. The molecule has 0 aromatic carbocycles. The van der Waals surface area contributed by atoms with E-state index in [0.717, 1.165) is 19.1 Å². The van der Waals surface area contributed by atoms with E-state index in [1.807, 2.05) is 0 Å². The third-order valence-electron chi connectivity index (χ3n) is 3.59. The number of hydrogen-bond acceptors (Lipinski definition) is 2. The number of hydrogen-bond donors (Lipinski definition) is 1. The monoisotopic (exact) mass is 227 g/mol. The molecule has 0 aromatic rings. The molecule has 0 radical (unpaired) electrons. The van der Waals surface area contributed by atoms with Crippen molar-refractivity contribution in [2.45, 2.75) is 70.8 Å². The van der Waals surface area contributed by atoms with E-state index >= 15 is 0 Å². The van der Waals surface area contributed by atoms with Crippen LogP contribution in [-0.4, -0.2) is 19.3 Å². The molecular formula is C14H29NO. The molecule has 96 valence electrons. The Morgan fingerprint density at radius 3 is 2.62 bits per heavy atom. The smallest absolute Gasteiger partial charge is 0.0495 e. The summed E-state index contributed by atoms with van der Waals surface area (Å²) in [6.07, 6.45) is 11.8. The predicted molar refractivity (Wildman–Crippen MR) is 69.5 cm³/mol. The molecule has 2 nitrogen and oxygen atoms in total. The van der Waals surface area contributed by atoms with Gasteiger partial charge in [0.15, 0.2) is 0 Å². The van der Waals surface area contributed by atoms with Crippen molar-refractivity contribution in [3.05, 3.63) is 0 Å². The first kappa shape index (κ1) is 14.0. The molecule has 2 N–H and O–H groups in total. The van der Waals surface area contributed by atoms with Gasteiger partial charge in [0.1, 0.15) is 0 Å². The molecule has 0 aromatic heterocycles. The summed E-state index contributed by atoms with van der Waals surface area (Å²) in [6, 6.07) is 0.415. The highest BCUT2D eigenvalue weighted by Crippen LogP contribution is 2.19. The average Bonchev–Trinajstić information content (AvgIpc) is 2.76. The Balaban J connectivity index is 1.87. The van der Waals surface area contributed by atoms with E-state index in [0.29, 0.717) is 6.04 Å². The fourth-order valence-electron chi connectivity index (χ4n) is 2.50. The van der Waals surface area contributed by atoms with Crippen LogP contribution in [0.2, 0.25) is 0 Å². The summed E-state index contributed by atoms with van der Waals surface area (Å²) >= 11 is 0. The van der Waals surface area contributed by atoms with Crippen LogP contribution in [0.3, 0.4) is 0 Å². The quantitative estimate of drug-likeness (QED) is 0.612. The zero-order valence-electron chi connectivity index (χ0n) is 10.9. The van der Waals surface area contributed by atoms with Gasteiger partial charge in [0.25, 0.3) is 0 Å². The number of rotatable bonds is 9. The molecule has 0 spiro atoms. The first-order chi connectivity index (χ1) is 7.83. The van der Waals surface area contributed by atoms with Crippen molar-refractivity contribution < 1.29 is 4.74 Å². The largest absolute Gasteiger partial charge is 0.381 e. The van der Waals surface area contributed by atoms with Gasteiger partial charge in [-0.1, -0.05) is 45.4 Å². The van der Waals surface area contributed by atoms with Crippen LogP contribution in [0.4, 0.5) is 0 Å². The molecule has 1 fully saturated rings. The van der Waals surface area contributed by atoms with Gasteiger partial charge in [-0.05, 0) is 25.2 Å². The Labute approximate surface area is 101 Å². The van der Waals surface area contributed by atoms with Gasteiger partial charge in [0.2, 0.25) is 0 Å². The van der Waals surface area contributed by atoms with Crippen LogP contribution in [0.25, 0.3) is 0 Å². The summed E-state index contributed by atoms with van der Waals surface area (Å²) in [5, 5.41) is 0. The minimum absolute atomic E-state index is 0.415. The molecule has 1 aliphatic heterocycles. The fourth-order valence-corrected chi connectivity index (χ4v) is 2.50. The Hall–Kier alpha value is -0.0800. The van der Waals surface area contributed by atoms with E-state index in [2.05, 4.69) is 6.92 Å². The first-order valence-corrected chi connectivity index (χ1v) is 7.16. The lowest BCUT2D eigenvalue weighted by atomic mass is 9.96. The normalized spacial score (nSPS) is 22.5. The van der Waals surface area contributed by atoms with Crippen LogP contribution >= 0.6 is 0 Å². The maximum Gasteiger partial charge on any atom is 0.0495 e. The van der Waals surface area contributed by atoms with Crippen LogP contribution in [0, 0.1) is 5.92 Å². The van der Waals surface area contributed by atoms with Crippen LogP contribution in [0.5, 0.6) is 0 Å². The molecule has 2 unspecified atom stereocenters. The number of unbranched alkanes of at least 4 members (excludes halogenated alkanes) is 5. The van der Waals surface area contributed by atoms with Crippen LogP contribution in [0.15, 0.2) is 0 Å². The fraction of sp³-hybridized carbons (Fsp3) is 1.00. The average molecular weight is 227 g/mol. The zero-order valence-corrected chi connectivity index (χ0v) is 10.9. The summed E-state index contributed by atoms with van der Waals surface area (Å²) in [5.41, 5.74) is 6.14. The van der Waals surface area contributed by atoms with Crippen molar-refractivity contribution in [2.75, 3.05) is 13.2 Å². The second-order valence-electron chi connectivity index (χ2n) is 5.28. The van der Waals surface area contributed by atoms with Gasteiger partial charge in [-0.15, -0.1) is 0 Å². The maximum absolute atomic E-state index is 6.14. The van der Waals surface area contributed by atoms with E-state index in [1.54, 1.807) is 0 Å². The Morgan fingerprint density at radius 1 is 1.19 bits per heavy atom. The zero-order chi connectivity index (χ0) is 11.6. The third-order valence-corrected chi connectivity index (χ3v) is 3.59. The summed E-state index contributed by atoms with van der Waals surface area (Å²) in [4.78, 5) is 0. The van der Waals surface area contributed by atoms with E-state index in [-0.39, 0.29) is 0 Å². The lowest BCUT2D eigenvalue weighted by Gasteiger charge is -2.15. The molecule has 0 amide bonds. The van der Waals surface area contributed by atoms with Gasteiger partial charge in [-0.3, -0.25) is 0 Å². The first-order valence-electron chi connectivity index (χ1n) is 7.16. The number of ether oxygens (including phenoxy) is 1. The SMILES string of the molecule is CCCCCCCCC(N)CC1CCOC1. The second kappa shape index (κ2) is 9.00. The van der Waals surface area contributed by atoms with E-state index in [4.69, 9.17) is 10.5 Å². The van der Waals surface area contributed by atoms with Crippen molar-refractivity contribution in [1.82, 2.24) is 0 Å². The van der Waals surface area contributed by atoms with Crippen molar-refractivity contribution >= 4 is 0 Å². The molecule has 1 rings (SSSR count). The number of nitrogens with two attached hydrogens (primary N) is 1. The lowest BCUT2D eigenvalue weighted by Crippen LogP contribution is -2.23. The summed E-state index contributed by atoms with van der Waals surface area (Å²) < 4.78 is 5.37. The lowest BCUT2D eigenvalue weighted by molar-refractivity contribution is 0.182. The molecule has 16 heavy (non-hydrogen) atoms. The molecule has 2 atom stereocenters. The molecule has 1 aliphatic rings. The van der Waals surface area contributed by atoms with Crippen LogP contribution in [0.1, 0.15) is 64.7 Å². The Morgan fingerprint density at radius 2 is 1.94 bits per heavy atom. The highest BCUT2D eigenvalue weighted by atomic mass is 16.5. The third kappa shape index (κ3) is 6.49. The van der Waals surface area contributed by atoms with Gasteiger partial charge < -0.3 is 10.5 Å². The maximum atomic E-state index is 6.14. The van der Waals surface area contributed by atoms with Crippen molar-refractivity contribution in [3.63, 3.8) is 0 Å². The minimum atomic E-state index is 0.415. The molecule has 0 aliphatic carbocycles. The summed E-state index contributed by atoms with van der Waals surface area (Å²) in [7, 11) is 0. The van der Waals surface area contributed by atoms with E-state index in [1.165, 1.54) is 57.8 Å². The summed E-state index contributed by atoms with van der Waals surface area (Å²) in [5.74, 6) is 0.745.